The van der Waals surface area contributed by atoms with E-state index < -0.39 is 0 Å². The van der Waals surface area contributed by atoms with E-state index in [1.54, 1.807) is 10.8 Å². The lowest BCUT2D eigenvalue weighted by molar-refractivity contribution is 1.49. The van der Waals surface area contributed by atoms with Crippen LogP contribution in [0.3, 0.4) is 0 Å². The second-order valence-electron chi connectivity index (χ2n) is 4.94. The predicted octanol–water partition coefficient (Wildman–Crippen LogP) is 8.57. The second-order valence-corrected chi connectivity index (χ2v) is 19.8. The maximum Gasteiger partial charge on any atom is 0.0128 e. The molecule has 0 heterocycles. The van der Waals surface area contributed by atoms with E-state index in [0.717, 1.165) is 11.5 Å². The highest BCUT2D eigenvalue weighted by Crippen LogP contribution is 2.27. The molecule has 0 aromatic rings. The molecule has 176 valence electrons. The molecule has 29 heavy (non-hydrogen) atoms. The van der Waals surface area contributed by atoms with Crippen LogP contribution in [0.1, 0.15) is 0 Å². The van der Waals surface area contributed by atoms with Crippen LogP contribution >= 0.6 is 147 Å². The van der Waals surface area contributed by atoms with Crippen LogP contribution in [0.15, 0.2) is 0 Å². The number of hydrogen-bond acceptors (Lipinski definition) is 13. The molecule has 0 amide bonds. The van der Waals surface area contributed by atoms with Gasteiger partial charge in [-0.15, -0.1) is 11.7 Å². The molecule has 0 unspecified atom stereocenters. The van der Waals surface area contributed by atoms with Crippen molar-refractivity contribution in [1.29, 1.82) is 0 Å². The molecule has 0 radical (unpaired) electrons. The maximum absolute atomic E-state index is 4.23. The van der Waals surface area contributed by atoms with Crippen LogP contribution in [0.4, 0.5) is 0 Å². The Bertz CT molecular complexity index is 260. The van der Waals surface area contributed by atoms with Crippen molar-refractivity contribution < 1.29 is 0 Å². The molecule has 13 heteroatoms. The predicted molar refractivity (Wildman–Crippen MR) is 179 cm³/mol. The van der Waals surface area contributed by atoms with Gasteiger partial charge >= 0.3 is 0 Å². The molecule has 0 aliphatic rings. The molecule has 0 nitrogen and oxygen atoms in total. The van der Waals surface area contributed by atoms with Crippen LogP contribution in [0.5, 0.6) is 0 Å². The standard InChI is InChI=1S/C16H34S13/c17-1-2-19-4-11-24-26-13-6-21-8-15-28-29-16-9-22-7-14-27-25-12-5-20-3-10-23-18/h17-18H,1-16H2. The average Bonchev–Trinajstić information content (AvgIpc) is 2.74. The Kier molecular flexibility index (Phi) is 37.7. The molecule has 0 aromatic heterocycles. The summed E-state index contributed by atoms with van der Waals surface area (Å²) in [5.41, 5.74) is 0. The first-order valence-electron chi connectivity index (χ1n) is 9.33. The third-order valence-corrected chi connectivity index (χ3v) is 17.1. The molecule has 0 saturated carbocycles. The van der Waals surface area contributed by atoms with Gasteiger partial charge < -0.3 is 0 Å². The van der Waals surface area contributed by atoms with Crippen LogP contribution in [0.2, 0.25) is 0 Å². The van der Waals surface area contributed by atoms with Crippen LogP contribution in [0.25, 0.3) is 0 Å². The van der Waals surface area contributed by atoms with Gasteiger partial charge in [0.05, 0.1) is 0 Å². The van der Waals surface area contributed by atoms with Crippen molar-refractivity contribution in [2.45, 2.75) is 0 Å². The zero-order valence-corrected chi connectivity index (χ0v) is 27.5. The summed E-state index contributed by atoms with van der Waals surface area (Å²) in [6.07, 6.45) is 0. The highest BCUT2D eigenvalue weighted by atomic mass is 33.1. The smallest absolute Gasteiger partial charge is 0.0128 e. The molecule has 0 bridgehead atoms. The second kappa shape index (κ2) is 32.5. The lowest BCUT2D eigenvalue weighted by atomic mass is 10.9. The van der Waals surface area contributed by atoms with E-state index in [0.29, 0.717) is 0 Å². The monoisotopic (exact) mass is 642 g/mol. The average molecular weight is 643 g/mol. The van der Waals surface area contributed by atoms with Crippen LogP contribution in [-0.4, -0.2) is 92.0 Å². The minimum Gasteiger partial charge on any atom is -0.179 e. The highest BCUT2D eigenvalue weighted by molar-refractivity contribution is 8.77. The van der Waals surface area contributed by atoms with E-state index in [2.05, 4.69) is 69.4 Å². The zero-order chi connectivity index (χ0) is 21.1. The van der Waals surface area contributed by atoms with Crippen molar-refractivity contribution in [3.63, 3.8) is 0 Å². The minimum absolute atomic E-state index is 1.00. The molecule has 0 fully saturated rings. The number of thioether (sulfide) groups is 4. The first-order chi connectivity index (χ1) is 14.4. The van der Waals surface area contributed by atoms with Gasteiger partial charge in [-0.25, -0.2) is 0 Å². The van der Waals surface area contributed by atoms with Gasteiger partial charge in [0.15, 0.2) is 0 Å². The van der Waals surface area contributed by atoms with Gasteiger partial charge in [0, 0.05) is 86.3 Å². The summed E-state index contributed by atoms with van der Waals surface area (Å²) in [4.78, 5) is 0. The van der Waals surface area contributed by atoms with Crippen LogP contribution < -0.4 is 0 Å². The Labute approximate surface area is 235 Å². The van der Waals surface area contributed by atoms with Crippen molar-refractivity contribution in [1.82, 2.24) is 0 Å². The fraction of sp³-hybridized carbons (Fsp3) is 1.00. The van der Waals surface area contributed by atoms with E-state index >= 15 is 0 Å². The first-order valence-corrected chi connectivity index (χ1v) is 24.1. The van der Waals surface area contributed by atoms with Gasteiger partial charge in [-0.2, -0.15) is 59.7 Å². The summed E-state index contributed by atoms with van der Waals surface area (Å²) in [5.74, 6) is 20.0. The topological polar surface area (TPSA) is 0 Å². The quantitative estimate of drug-likeness (QED) is 0.0529. The van der Waals surface area contributed by atoms with Crippen molar-refractivity contribution in [2.24, 2.45) is 0 Å². The molecule has 0 aliphatic carbocycles. The molecule has 0 aromatic carbocycles. The molecule has 0 rings (SSSR count). The van der Waals surface area contributed by atoms with Gasteiger partial charge in [-0.05, 0) is 5.75 Å². The molecule has 0 saturated heterocycles. The number of thiol groups is 2. The van der Waals surface area contributed by atoms with Gasteiger partial charge in [0.25, 0.3) is 0 Å². The summed E-state index contributed by atoms with van der Waals surface area (Å²) in [7, 11) is 13.9. The van der Waals surface area contributed by atoms with Crippen molar-refractivity contribution in [3.05, 3.63) is 0 Å². The van der Waals surface area contributed by atoms with Gasteiger partial charge in [0.1, 0.15) is 0 Å². The zero-order valence-electron chi connectivity index (χ0n) is 16.7. The van der Waals surface area contributed by atoms with Crippen LogP contribution in [0, 0.1) is 0 Å². The molecule has 0 atom stereocenters. The third kappa shape index (κ3) is 32.5. The van der Waals surface area contributed by atoms with Gasteiger partial charge in [-0.3, -0.25) is 0 Å². The van der Waals surface area contributed by atoms with Crippen molar-refractivity contribution in [2.75, 3.05) is 92.0 Å². The summed E-state index contributed by atoms with van der Waals surface area (Å²) in [5, 5.41) is 0. The van der Waals surface area contributed by atoms with Crippen molar-refractivity contribution >= 4 is 147 Å². The lowest BCUT2D eigenvalue weighted by Crippen LogP contribution is -1.91. The Balaban J connectivity index is 2.97. The molecular formula is C16H34S13. The number of hydrogen-bond donors (Lipinski definition) is 2. The molecular weight excluding hydrogens is 609 g/mol. The van der Waals surface area contributed by atoms with E-state index in [4.69, 9.17) is 0 Å². The lowest BCUT2D eigenvalue weighted by Gasteiger charge is -2.03. The van der Waals surface area contributed by atoms with E-state index in [1.807, 2.05) is 66.7 Å². The van der Waals surface area contributed by atoms with E-state index in [-0.39, 0.29) is 0 Å². The van der Waals surface area contributed by atoms with Gasteiger partial charge in [-0.1, -0.05) is 75.6 Å². The normalized spacial score (nSPS) is 11.4. The van der Waals surface area contributed by atoms with E-state index in [9.17, 15) is 0 Å². The third-order valence-electron chi connectivity index (χ3n) is 2.67. The first kappa shape index (κ1) is 33.5. The SMILES string of the molecule is SCCSCCSSCCSCCSSCCSCCSSCCSCCSS. The van der Waals surface area contributed by atoms with Crippen molar-refractivity contribution in [3.8, 4) is 0 Å². The summed E-state index contributed by atoms with van der Waals surface area (Å²) >= 11 is 16.7. The highest BCUT2D eigenvalue weighted by Gasteiger charge is 1.97. The fourth-order valence-electron chi connectivity index (χ4n) is 1.48. The summed E-state index contributed by atoms with van der Waals surface area (Å²) in [6, 6.07) is 0. The Morgan fingerprint density at radius 1 is 0.345 bits per heavy atom. The Morgan fingerprint density at radius 3 is 0.897 bits per heavy atom. The fourth-order valence-corrected chi connectivity index (χ4v) is 15.2. The molecule has 0 spiro atoms. The van der Waals surface area contributed by atoms with E-state index in [1.165, 1.54) is 80.5 Å². The molecule has 0 N–H and O–H groups in total. The minimum atomic E-state index is 1.00. The summed E-state index contributed by atoms with van der Waals surface area (Å²) in [6.45, 7) is 0. The number of rotatable bonds is 26. The summed E-state index contributed by atoms with van der Waals surface area (Å²) < 4.78 is 0. The Hall–Kier alpha value is 4.55. The van der Waals surface area contributed by atoms with Gasteiger partial charge in [0.2, 0.25) is 0 Å². The van der Waals surface area contributed by atoms with Crippen LogP contribution in [-0.2, 0) is 0 Å². The largest absolute Gasteiger partial charge is 0.179 e. The Morgan fingerprint density at radius 2 is 0.621 bits per heavy atom. The molecule has 0 aliphatic heterocycles. The maximum atomic E-state index is 4.23.